The van der Waals surface area contributed by atoms with E-state index in [4.69, 9.17) is 5.73 Å². The second kappa shape index (κ2) is 5.83. The van der Waals surface area contributed by atoms with Crippen LogP contribution in [-0.2, 0) is 13.0 Å². The fraction of sp³-hybridized carbons (Fsp3) is 0.500. The van der Waals surface area contributed by atoms with Gasteiger partial charge in [-0.3, -0.25) is 4.79 Å². The number of aromatic amines is 1. The van der Waals surface area contributed by atoms with Crippen molar-refractivity contribution in [1.82, 2.24) is 4.98 Å². The average Bonchev–Trinajstić information content (AvgIpc) is 2.04. The molecule has 0 radical (unpaired) electrons. The Bertz CT molecular complexity index is 346. The van der Waals surface area contributed by atoms with Crippen LogP contribution in [0.1, 0.15) is 30.2 Å². The number of hydrogen-bond acceptors (Lipinski definition) is 2. The summed E-state index contributed by atoms with van der Waals surface area (Å²) in [6.07, 6.45) is 1.97. The molecule has 3 nitrogen and oxygen atoms in total. The number of H-pyrrole nitrogens is 1. The molecule has 0 bridgehead atoms. The number of nitrogens with two attached hydrogens (primary N) is 1. The van der Waals surface area contributed by atoms with Crippen LogP contribution in [0.3, 0.4) is 0 Å². The van der Waals surface area contributed by atoms with Crippen LogP contribution in [0, 0.1) is 6.92 Å². The molecule has 0 aliphatic rings. The van der Waals surface area contributed by atoms with E-state index in [1.807, 2.05) is 13.0 Å². The van der Waals surface area contributed by atoms with E-state index in [-0.39, 0.29) is 18.0 Å². The quantitative estimate of drug-likeness (QED) is 0.805. The first-order valence-electron chi connectivity index (χ1n) is 4.60. The summed E-state index contributed by atoms with van der Waals surface area (Å²) >= 11 is 0. The van der Waals surface area contributed by atoms with Crippen LogP contribution >= 0.6 is 12.4 Å². The molecule has 1 aromatic heterocycles. The SMILES string of the molecule is CCCc1cc(C)[nH]c(=O)c1CN.Cl. The van der Waals surface area contributed by atoms with E-state index in [1.165, 1.54) is 0 Å². The molecule has 0 saturated carbocycles. The van der Waals surface area contributed by atoms with Crippen molar-refractivity contribution in [1.29, 1.82) is 0 Å². The Balaban J connectivity index is 0.00000169. The Morgan fingerprint density at radius 2 is 2.14 bits per heavy atom. The third-order valence-electron chi connectivity index (χ3n) is 2.09. The largest absolute Gasteiger partial charge is 0.326 e. The van der Waals surface area contributed by atoms with Crippen LogP contribution in [-0.4, -0.2) is 4.98 Å². The highest BCUT2D eigenvalue weighted by atomic mass is 35.5. The second-order valence-electron chi connectivity index (χ2n) is 3.24. The molecule has 0 fully saturated rings. The smallest absolute Gasteiger partial charge is 0.252 e. The first-order valence-corrected chi connectivity index (χ1v) is 4.60. The number of rotatable bonds is 3. The molecule has 0 amide bonds. The number of pyridine rings is 1. The lowest BCUT2D eigenvalue weighted by Gasteiger charge is -2.06. The normalized spacial score (nSPS) is 9.64. The number of aromatic nitrogens is 1. The Kier molecular flexibility index (Phi) is 5.50. The van der Waals surface area contributed by atoms with Gasteiger partial charge in [-0.25, -0.2) is 0 Å². The summed E-state index contributed by atoms with van der Waals surface area (Å²) in [4.78, 5) is 14.2. The summed E-state index contributed by atoms with van der Waals surface area (Å²) in [5.41, 5.74) is 8.20. The minimum Gasteiger partial charge on any atom is -0.326 e. The molecule has 0 saturated heterocycles. The van der Waals surface area contributed by atoms with E-state index in [0.29, 0.717) is 6.54 Å². The highest BCUT2D eigenvalue weighted by Gasteiger charge is 2.05. The van der Waals surface area contributed by atoms with Crippen molar-refractivity contribution in [3.8, 4) is 0 Å². The van der Waals surface area contributed by atoms with Gasteiger partial charge in [0.1, 0.15) is 0 Å². The lowest BCUT2D eigenvalue weighted by molar-refractivity contribution is 0.869. The fourth-order valence-corrected chi connectivity index (χ4v) is 1.50. The van der Waals surface area contributed by atoms with Crippen molar-refractivity contribution in [2.24, 2.45) is 5.73 Å². The van der Waals surface area contributed by atoms with Gasteiger partial charge in [-0.15, -0.1) is 12.4 Å². The van der Waals surface area contributed by atoms with Crippen molar-refractivity contribution in [2.75, 3.05) is 0 Å². The number of hydrogen-bond donors (Lipinski definition) is 2. The fourth-order valence-electron chi connectivity index (χ4n) is 1.50. The van der Waals surface area contributed by atoms with Gasteiger partial charge in [0.25, 0.3) is 5.56 Å². The van der Waals surface area contributed by atoms with E-state index in [9.17, 15) is 4.79 Å². The number of halogens is 1. The first-order chi connectivity index (χ1) is 6.19. The molecule has 1 heterocycles. The molecular formula is C10H17ClN2O. The van der Waals surface area contributed by atoms with Crippen LogP contribution in [0.15, 0.2) is 10.9 Å². The Hall–Kier alpha value is -0.800. The number of aryl methyl sites for hydroxylation is 2. The van der Waals surface area contributed by atoms with Gasteiger partial charge in [-0.1, -0.05) is 13.3 Å². The zero-order valence-corrected chi connectivity index (χ0v) is 9.41. The summed E-state index contributed by atoms with van der Waals surface area (Å²) in [7, 11) is 0. The monoisotopic (exact) mass is 216 g/mol. The molecular weight excluding hydrogens is 200 g/mol. The zero-order valence-electron chi connectivity index (χ0n) is 8.59. The van der Waals surface area contributed by atoms with Gasteiger partial charge in [-0.05, 0) is 25.0 Å². The maximum Gasteiger partial charge on any atom is 0.252 e. The summed E-state index contributed by atoms with van der Waals surface area (Å²) in [6, 6.07) is 2.01. The van der Waals surface area contributed by atoms with Gasteiger partial charge in [0, 0.05) is 17.8 Å². The molecule has 0 spiro atoms. The van der Waals surface area contributed by atoms with Gasteiger partial charge in [0.15, 0.2) is 0 Å². The van der Waals surface area contributed by atoms with E-state index in [2.05, 4.69) is 11.9 Å². The summed E-state index contributed by atoms with van der Waals surface area (Å²) in [5, 5.41) is 0. The van der Waals surface area contributed by atoms with E-state index in [1.54, 1.807) is 0 Å². The number of nitrogens with one attached hydrogen (secondary N) is 1. The van der Waals surface area contributed by atoms with Gasteiger partial charge < -0.3 is 10.7 Å². The molecule has 3 N–H and O–H groups in total. The van der Waals surface area contributed by atoms with Crippen molar-refractivity contribution in [3.63, 3.8) is 0 Å². The lowest BCUT2D eigenvalue weighted by atomic mass is 10.0. The molecule has 1 aromatic rings. The molecule has 80 valence electrons. The highest BCUT2D eigenvalue weighted by molar-refractivity contribution is 5.85. The Labute approximate surface area is 90.1 Å². The minimum atomic E-state index is -0.0362. The maximum absolute atomic E-state index is 11.4. The van der Waals surface area contributed by atoms with Gasteiger partial charge >= 0.3 is 0 Å². The van der Waals surface area contributed by atoms with Gasteiger partial charge in [0.05, 0.1) is 0 Å². The van der Waals surface area contributed by atoms with Crippen LogP contribution in [0.25, 0.3) is 0 Å². The molecule has 0 unspecified atom stereocenters. The van der Waals surface area contributed by atoms with E-state index >= 15 is 0 Å². The molecule has 1 rings (SSSR count). The predicted octanol–water partition coefficient (Wildman–Crippen LogP) is 1.52. The molecule has 4 heteroatoms. The molecule has 0 aliphatic heterocycles. The summed E-state index contributed by atoms with van der Waals surface area (Å²) in [5.74, 6) is 0. The first kappa shape index (κ1) is 13.2. The Morgan fingerprint density at radius 1 is 1.50 bits per heavy atom. The van der Waals surface area contributed by atoms with Crippen LogP contribution in [0.5, 0.6) is 0 Å². The Morgan fingerprint density at radius 3 is 2.64 bits per heavy atom. The second-order valence-corrected chi connectivity index (χ2v) is 3.24. The lowest BCUT2D eigenvalue weighted by Crippen LogP contribution is -2.19. The van der Waals surface area contributed by atoms with Crippen LogP contribution < -0.4 is 11.3 Å². The van der Waals surface area contributed by atoms with Crippen molar-refractivity contribution in [3.05, 3.63) is 33.2 Å². The highest BCUT2D eigenvalue weighted by Crippen LogP contribution is 2.07. The summed E-state index contributed by atoms with van der Waals surface area (Å²) in [6.45, 7) is 4.31. The average molecular weight is 217 g/mol. The van der Waals surface area contributed by atoms with Gasteiger partial charge in [0.2, 0.25) is 0 Å². The van der Waals surface area contributed by atoms with E-state index < -0.39 is 0 Å². The maximum atomic E-state index is 11.4. The minimum absolute atomic E-state index is 0. The third-order valence-corrected chi connectivity index (χ3v) is 2.09. The van der Waals surface area contributed by atoms with E-state index in [0.717, 1.165) is 29.7 Å². The van der Waals surface area contributed by atoms with Gasteiger partial charge in [-0.2, -0.15) is 0 Å². The molecule has 0 aromatic carbocycles. The van der Waals surface area contributed by atoms with Crippen LogP contribution in [0.4, 0.5) is 0 Å². The van der Waals surface area contributed by atoms with Crippen molar-refractivity contribution < 1.29 is 0 Å². The molecule has 0 aliphatic carbocycles. The zero-order chi connectivity index (χ0) is 9.84. The van der Waals surface area contributed by atoms with Crippen molar-refractivity contribution >= 4 is 12.4 Å². The third kappa shape index (κ3) is 2.86. The standard InChI is InChI=1S/C10H16N2O.ClH/c1-3-4-8-5-7(2)12-10(13)9(8)6-11;/h5H,3-4,6,11H2,1-2H3,(H,12,13);1H. The topological polar surface area (TPSA) is 58.9 Å². The van der Waals surface area contributed by atoms with Crippen LogP contribution in [0.2, 0.25) is 0 Å². The molecule has 0 atom stereocenters. The predicted molar refractivity (Wildman–Crippen MR) is 60.9 cm³/mol. The van der Waals surface area contributed by atoms with Crippen molar-refractivity contribution in [2.45, 2.75) is 33.2 Å². The summed E-state index contributed by atoms with van der Waals surface area (Å²) < 4.78 is 0. The molecule has 14 heavy (non-hydrogen) atoms.